The second kappa shape index (κ2) is 4.41. The number of halogens is 3. The lowest BCUT2D eigenvalue weighted by Crippen LogP contribution is -2.13. The highest BCUT2D eigenvalue weighted by atomic mass is 19.4. The molecule has 0 spiro atoms. The van der Waals surface area contributed by atoms with Gasteiger partial charge in [0.2, 0.25) is 0 Å². The summed E-state index contributed by atoms with van der Waals surface area (Å²) < 4.78 is 42.7. The Morgan fingerprint density at radius 3 is 2.44 bits per heavy atom. The van der Waals surface area contributed by atoms with E-state index in [1.165, 1.54) is 19.2 Å². The summed E-state index contributed by atoms with van der Waals surface area (Å²) in [4.78, 5) is 0. The Morgan fingerprint density at radius 2 is 2.06 bits per heavy atom. The quantitative estimate of drug-likeness (QED) is 0.847. The Bertz CT molecular complexity index is 435. The fraction of sp³-hybridized carbons (Fsp3) is 0.300. The molecule has 16 heavy (non-hydrogen) atoms. The number of methoxy groups -OCH3 is 1. The first kappa shape index (κ1) is 12.3. The molecule has 1 rings (SSSR count). The molecule has 1 aromatic rings. The van der Waals surface area contributed by atoms with Crippen LogP contribution in [0.15, 0.2) is 12.1 Å². The monoisotopic (exact) mass is 231 g/mol. The predicted molar refractivity (Wildman–Crippen MR) is 48.6 cm³/mol. The Kier molecular flexibility index (Phi) is 3.40. The molecule has 6 heteroatoms. The highest BCUT2D eigenvalue weighted by Gasteiger charge is 2.37. The van der Waals surface area contributed by atoms with Gasteiger partial charge in [0.15, 0.2) is 0 Å². The van der Waals surface area contributed by atoms with Crippen molar-refractivity contribution in [2.75, 3.05) is 7.11 Å². The van der Waals surface area contributed by atoms with Gasteiger partial charge in [0.1, 0.15) is 5.75 Å². The molecule has 0 fully saturated rings. The van der Waals surface area contributed by atoms with Gasteiger partial charge < -0.3 is 9.84 Å². The zero-order valence-electron chi connectivity index (χ0n) is 8.30. The number of aliphatic hydroxyl groups excluding tert-OH is 1. The van der Waals surface area contributed by atoms with Crippen LogP contribution in [0.5, 0.6) is 5.75 Å². The van der Waals surface area contributed by atoms with E-state index < -0.39 is 29.5 Å². The fourth-order valence-corrected chi connectivity index (χ4v) is 1.39. The summed E-state index contributed by atoms with van der Waals surface area (Å²) in [7, 11) is 1.20. The van der Waals surface area contributed by atoms with Crippen LogP contribution in [0.2, 0.25) is 0 Å². The van der Waals surface area contributed by atoms with Crippen molar-refractivity contribution in [1.29, 1.82) is 5.26 Å². The van der Waals surface area contributed by atoms with Crippen molar-refractivity contribution < 1.29 is 23.0 Å². The molecule has 0 aliphatic heterocycles. The van der Waals surface area contributed by atoms with Crippen LogP contribution in [0.3, 0.4) is 0 Å². The minimum Gasteiger partial charge on any atom is -0.496 e. The van der Waals surface area contributed by atoms with Gasteiger partial charge in [-0.2, -0.15) is 18.4 Å². The van der Waals surface area contributed by atoms with Crippen LogP contribution >= 0.6 is 0 Å². The van der Waals surface area contributed by atoms with Gasteiger partial charge in [-0.15, -0.1) is 0 Å². The average Bonchev–Trinajstić information content (AvgIpc) is 2.25. The third-order valence-electron chi connectivity index (χ3n) is 2.05. The number of nitriles is 1. The zero-order valence-corrected chi connectivity index (χ0v) is 8.30. The van der Waals surface area contributed by atoms with E-state index in [1.54, 1.807) is 0 Å². The van der Waals surface area contributed by atoms with Crippen LogP contribution in [-0.2, 0) is 12.8 Å². The lowest BCUT2D eigenvalue weighted by Gasteiger charge is -2.15. The predicted octanol–water partition coefficient (Wildman–Crippen LogP) is 2.08. The number of nitrogens with zero attached hydrogens (tertiary/aromatic N) is 1. The SMILES string of the molecule is COc1ccc(C#N)c(C(F)(F)F)c1CO. The second-order valence-electron chi connectivity index (χ2n) is 2.94. The van der Waals surface area contributed by atoms with Crippen molar-refractivity contribution in [2.24, 2.45) is 0 Å². The number of aliphatic hydroxyl groups is 1. The van der Waals surface area contributed by atoms with E-state index in [0.717, 1.165) is 6.07 Å². The number of rotatable bonds is 2. The molecule has 0 bridgehead atoms. The maximum Gasteiger partial charge on any atom is 0.418 e. The molecule has 1 aromatic carbocycles. The van der Waals surface area contributed by atoms with Gasteiger partial charge in [-0.1, -0.05) is 0 Å². The molecule has 0 unspecified atom stereocenters. The summed E-state index contributed by atoms with van der Waals surface area (Å²) >= 11 is 0. The first-order chi connectivity index (χ1) is 7.45. The molecule has 0 amide bonds. The van der Waals surface area contributed by atoms with E-state index in [4.69, 9.17) is 15.1 Å². The molecule has 0 aliphatic carbocycles. The number of hydrogen-bond acceptors (Lipinski definition) is 3. The molecular formula is C10H8F3NO2. The molecule has 0 heterocycles. The Balaban J connectivity index is 3.58. The third-order valence-corrected chi connectivity index (χ3v) is 2.05. The minimum absolute atomic E-state index is 0.0891. The molecule has 86 valence electrons. The second-order valence-corrected chi connectivity index (χ2v) is 2.94. The van der Waals surface area contributed by atoms with Crippen LogP contribution in [0.25, 0.3) is 0 Å². The van der Waals surface area contributed by atoms with E-state index in [1.807, 2.05) is 0 Å². The first-order valence-electron chi connectivity index (χ1n) is 4.23. The molecule has 0 saturated heterocycles. The highest BCUT2D eigenvalue weighted by Crippen LogP contribution is 2.38. The Morgan fingerprint density at radius 1 is 1.44 bits per heavy atom. The largest absolute Gasteiger partial charge is 0.496 e. The van der Waals surface area contributed by atoms with E-state index >= 15 is 0 Å². The Hall–Kier alpha value is -1.74. The first-order valence-corrected chi connectivity index (χ1v) is 4.23. The highest BCUT2D eigenvalue weighted by molar-refractivity contribution is 5.51. The lowest BCUT2D eigenvalue weighted by atomic mass is 10.0. The van der Waals surface area contributed by atoms with Crippen molar-refractivity contribution in [2.45, 2.75) is 12.8 Å². The van der Waals surface area contributed by atoms with E-state index in [2.05, 4.69) is 0 Å². The summed E-state index contributed by atoms with van der Waals surface area (Å²) in [6, 6.07) is 3.68. The third kappa shape index (κ3) is 2.09. The number of ether oxygens (including phenoxy) is 1. The van der Waals surface area contributed by atoms with E-state index in [-0.39, 0.29) is 5.75 Å². The fourth-order valence-electron chi connectivity index (χ4n) is 1.39. The van der Waals surface area contributed by atoms with Crippen molar-refractivity contribution >= 4 is 0 Å². The standard InChI is InChI=1S/C10H8F3NO2/c1-16-8-3-2-6(4-14)9(7(8)5-15)10(11,12)13/h2-3,15H,5H2,1H3. The van der Waals surface area contributed by atoms with Gasteiger partial charge >= 0.3 is 6.18 Å². The zero-order chi connectivity index (χ0) is 12.3. The van der Waals surface area contributed by atoms with Gasteiger partial charge in [-0.25, -0.2) is 0 Å². The molecule has 1 N–H and O–H groups in total. The number of alkyl halides is 3. The van der Waals surface area contributed by atoms with Gasteiger partial charge in [0.25, 0.3) is 0 Å². The van der Waals surface area contributed by atoms with E-state index in [9.17, 15) is 13.2 Å². The topological polar surface area (TPSA) is 53.2 Å². The molecule has 3 nitrogen and oxygen atoms in total. The molecular weight excluding hydrogens is 223 g/mol. The van der Waals surface area contributed by atoms with Crippen molar-refractivity contribution in [3.8, 4) is 11.8 Å². The molecule has 0 radical (unpaired) electrons. The molecule has 0 aliphatic rings. The Labute approximate surface area is 89.7 Å². The molecule has 0 saturated carbocycles. The van der Waals surface area contributed by atoms with Gasteiger partial charge in [0.05, 0.1) is 30.9 Å². The van der Waals surface area contributed by atoms with Gasteiger partial charge in [-0.3, -0.25) is 0 Å². The normalized spacial score (nSPS) is 11.0. The summed E-state index contributed by atoms with van der Waals surface area (Å²) in [5.74, 6) is -0.0891. The lowest BCUT2D eigenvalue weighted by molar-refractivity contribution is -0.139. The van der Waals surface area contributed by atoms with Gasteiger partial charge in [0, 0.05) is 5.56 Å². The van der Waals surface area contributed by atoms with Crippen molar-refractivity contribution in [3.05, 3.63) is 28.8 Å². The summed E-state index contributed by atoms with van der Waals surface area (Å²) in [6.45, 7) is -0.840. The van der Waals surface area contributed by atoms with Crippen molar-refractivity contribution in [3.63, 3.8) is 0 Å². The number of hydrogen-bond donors (Lipinski definition) is 1. The average molecular weight is 231 g/mol. The maximum absolute atomic E-state index is 12.7. The van der Waals surface area contributed by atoms with Crippen molar-refractivity contribution in [1.82, 2.24) is 0 Å². The number of benzene rings is 1. The van der Waals surface area contributed by atoms with Crippen LogP contribution in [0, 0.1) is 11.3 Å². The smallest absolute Gasteiger partial charge is 0.418 e. The molecule has 0 aromatic heterocycles. The summed E-state index contributed by atoms with van der Waals surface area (Å²) in [6.07, 6.45) is -4.70. The van der Waals surface area contributed by atoms with Crippen LogP contribution < -0.4 is 4.74 Å². The maximum atomic E-state index is 12.7. The van der Waals surface area contributed by atoms with E-state index in [0.29, 0.717) is 0 Å². The minimum atomic E-state index is -4.70. The summed E-state index contributed by atoms with van der Waals surface area (Å²) in [5.41, 5.74) is -2.09. The van der Waals surface area contributed by atoms with Crippen LogP contribution in [-0.4, -0.2) is 12.2 Å². The molecule has 0 atom stereocenters. The van der Waals surface area contributed by atoms with Crippen LogP contribution in [0.4, 0.5) is 13.2 Å². The summed E-state index contributed by atoms with van der Waals surface area (Å²) in [5, 5.41) is 17.5. The van der Waals surface area contributed by atoms with Gasteiger partial charge in [-0.05, 0) is 12.1 Å². The van der Waals surface area contributed by atoms with Crippen LogP contribution in [0.1, 0.15) is 16.7 Å².